The first-order valence-corrected chi connectivity index (χ1v) is 9.32. The number of rotatable bonds is 2. The van der Waals surface area contributed by atoms with Crippen molar-refractivity contribution < 1.29 is 21.6 Å². The second-order valence-electron chi connectivity index (χ2n) is 6.13. The van der Waals surface area contributed by atoms with Gasteiger partial charge in [-0.15, -0.1) is 12.4 Å². The van der Waals surface area contributed by atoms with Crippen LogP contribution in [0.2, 0.25) is 0 Å². The van der Waals surface area contributed by atoms with Gasteiger partial charge in [-0.3, -0.25) is 0 Å². The molecule has 0 amide bonds. The number of aryl methyl sites for hydroxylation is 1. The molecule has 4 nitrogen and oxygen atoms in total. The summed E-state index contributed by atoms with van der Waals surface area (Å²) in [7, 11) is -3.97. The zero-order chi connectivity index (χ0) is 17.8. The number of halogens is 3. The fourth-order valence-corrected chi connectivity index (χ4v) is 4.56. The van der Waals surface area contributed by atoms with Crippen molar-refractivity contribution in [1.82, 2.24) is 5.32 Å². The molecule has 0 unspecified atom stereocenters. The summed E-state index contributed by atoms with van der Waals surface area (Å²) in [6.07, 6.45) is 0.745. The maximum absolute atomic E-state index is 13.5. The lowest BCUT2D eigenvalue weighted by atomic mass is 10.0. The number of nitrogens with one attached hydrogen (secondary N) is 1. The van der Waals surface area contributed by atoms with Crippen LogP contribution in [0.1, 0.15) is 16.9 Å². The highest BCUT2D eigenvalue weighted by atomic mass is 35.5. The second kappa shape index (κ2) is 6.64. The van der Waals surface area contributed by atoms with E-state index in [1.165, 1.54) is 6.07 Å². The Labute approximate surface area is 155 Å². The largest absolute Gasteiger partial charge is 0.460 e. The van der Waals surface area contributed by atoms with Gasteiger partial charge in [-0.25, -0.2) is 17.2 Å². The van der Waals surface area contributed by atoms with E-state index in [4.69, 9.17) is 4.42 Å². The quantitative estimate of drug-likeness (QED) is 0.663. The summed E-state index contributed by atoms with van der Waals surface area (Å²) in [5.41, 5.74) is 2.30. The van der Waals surface area contributed by atoms with E-state index in [0.717, 1.165) is 41.8 Å². The van der Waals surface area contributed by atoms with Crippen LogP contribution in [-0.4, -0.2) is 15.0 Å². The van der Waals surface area contributed by atoms with Crippen LogP contribution in [0.25, 0.3) is 11.0 Å². The number of sulfone groups is 1. The van der Waals surface area contributed by atoms with E-state index in [9.17, 15) is 17.2 Å². The number of fused-ring (bicyclic) bond motifs is 3. The molecule has 1 N–H and O–H groups in total. The molecule has 0 spiro atoms. The standard InChI is InChI=1S/C18H15F2NO3S.ClH/c1-10-6-12(25(22,23)11-2-3-15(19)16(20)8-11)7-13-14-9-21-5-4-17(14)24-18(10)13;/h2-3,6-8,21H,4-5,9H2,1H3;1H. The highest BCUT2D eigenvalue weighted by molar-refractivity contribution is 7.91. The van der Waals surface area contributed by atoms with Crippen molar-refractivity contribution in [3.63, 3.8) is 0 Å². The molecule has 138 valence electrons. The van der Waals surface area contributed by atoms with E-state index in [-0.39, 0.29) is 22.2 Å². The first-order valence-electron chi connectivity index (χ1n) is 7.83. The Hall–Kier alpha value is -1.96. The Morgan fingerprint density at radius 3 is 2.58 bits per heavy atom. The van der Waals surface area contributed by atoms with Gasteiger partial charge in [-0.05, 0) is 42.8 Å². The predicted octanol–water partition coefficient (Wildman–Crippen LogP) is 3.92. The number of hydrogen-bond acceptors (Lipinski definition) is 4. The summed E-state index contributed by atoms with van der Waals surface area (Å²) in [6, 6.07) is 5.64. The van der Waals surface area contributed by atoms with E-state index in [0.29, 0.717) is 23.8 Å². The minimum Gasteiger partial charge on any atom is -0.460 e. The summed E-state index contributed by atoms with van der Waals surface area (Å²) in [5, 5.41) is 3.98. The predicted molar refractivity (Wildman–Crippen MR) is 95.4 cm³/mol. The lowest BCUT2D eigenvalue weighted by molar-refractivity contribution is 0.499. The van der Waals surface area contributed by atoms with Crippen LogP contribution in [0, 0.1) is 18.6 Å². The molecule has 0 saturated heterocycles. The molecule has 1 aliphatic heterocycles. The van der Waals surface area contributed by atoms with Crippen molar-refractivity contribution in [3.8, 4) is 0 Å². The van der Waals surface area contributed by atoms with E-state index in [1.54, 1.807) is 13.0 Å². The molecular weight excluding hydrogens is 384 g/mol. The highest BCUT2D eigenvalue weighted by Gasteiger charge is 2.24. The summed E-state index contributed by atoms with van der Waals surface area (Å²) >= 11 is 0. The van der Waals surface area contributed by atoms with Crippen LogP contribution in [0.3, 0.4) is 0 Å². The van der Waals surface area contributed by atoms with E-state index >= 15 is 0 Å². The van der Waals surface area contributed by atoms with Crippen LogP contribution in [-0.2, 0) is 22.8 Å². The van der Waals surface area contributed by atoms with Gasteiger partial charge in [0.1, 0.15) is 11.3 Å². The zero-order valence-corrected chi connectivity index (χ0v) is 15.4. The van der Waals surface area contributed by atoms with Gasteiger partial charge in [-0.2, -0.15) is 0 Å². The average Bonchev–Trinajstić information content (AvgIpc) is 2.97. The molecule has 0 fully saturated rings. The van der Waals surface area contributed by atoms with Crippen molar-refractivity contribution in [2.45, 2.75) is 29.7 Å². The Bertz CT molecular complexity index is 1110. The number of hydrogen-bond donors (Lipinski definition) is 1. The van der Waals surface area contributed by atoms with E-state index < -0.39 is 21.5 Å². The maximum Gasteiger partial charge on any atom is 0.206 e. The first-order chi connectivity index (χ1) is 11.9. The van der Waals surface area contributed by atoms with Crippen molar-refractivity contribution in [3.05, 3.63) is 58.9 Å². The van der Waals surface area contributed by atoms with Crippen LogP contribution >= 0.6 is 12.4 Å². The Kier molecular flexibility index (Phi) is 4.81. The van der Waals surface area contributed by atoms with E-state index in [1.807, 2.05) is 0 Å². The average molecular weight is 400 g/mol. The third kappa shape index (κ3) is 2.90. The van der Waals surface area contributed by atoms with Gasteiger partial charge in [-0.1, -0.05) is 0 Å². The Morgan fingerprint density at radius 2 is 1.85 bits per heavy atom. The lowest BCUT2D eigenvalue weighted by Gasteiger charge is -2.11. The number of furan rings is 1. The molecule has 1 aliphatic rings. The molecule has 0 atom stereocenters. The second-order valence-corrected chi connectivity index (χ2v) is 8.08. The van der Waals surface area contributed by atoms with Crippen LogP contribution in [0.15, 0.2) is 44.5 Å². The molecule has 3 aromatic rings. The van der Waals surface area contributed by atoms with Gasteiger partial charge < -0.3 is 9.73 Å². The molecule has 0 radical (unpaired) electrons. The van der Waals surface area contributed by atoms with Crippen molar-refractivity contribution in [1.29, 1.82) is 0 Å². The third-order valence-electron chi connectivity index (χ3n) is 4.48. The summed E-state index contributed by atoms with van der Waals surface area (Å²) in [6.45, 7) is 3.19. The summed E-state index contributed by atoms with van der Waals surface area (Å²) in [4.78, 5) is -0.238. The van der Waals surface area contributed by atoms with Gasteiger partial charge in [0.05, 0.1) is 9.79 Å². The van der Waals surface area contributed by atoms with Crippen molar-refractivity contribution in [2.75, 3.05) is 6.54 Å². The maximum atomic E-state index is 13.5. The van der Waals surface area contributed by atoms with Crippen LogP contribution < -0.4 is 5.32 Å². The summed E-state index contributed by atoms with van der Waals surface area (Å²) < 4.78 is 58.2. The zero-order valence-electron chi connectivity index (χ0n) is 13.8. The summed E-state index contributed by atoms with van der Waals surface area (Å²) in [5.74, 6) is -1.41. The minimum absolute atomic E-state index is 0. The molecular formula is C18H16ClF2NO3S. The fraction of sp³-hybridized carbons (Fsp3) is 0.222. The molecule has 0 saturated carbocycles. The molecule has 1 aromatic heterocycles. The SMILES string of the molecule is Cc1cc(S(=O)(=O)c2ccc(F)c(F)c2)cc2c3c(oc12)CCNC3.Cl. The molecule has 26 heavy (non-hydrogen) atoms. The van der Waals surface area contributed by atoms with Gasteiger partial charge in [0.15, 0.2) is 11.6 Å². The normalized spacial score (nSPS) is 14.1. The van der Waals surface area contributed by atoms with Crippen LogP contribution in [0.5, 0.6) is 0 Å². The Morgan fingerprint density at radius 1 is 1.08 bits per heavy atom. The van der Waals surface area contributed by atoms with Gasteiger partial charge in [0.2, 0.25) is 9.84 Å². The smallest absolute Gasteiger partial charge is 0.206 e. The number of benzene rings is 2. The van der Waals surface area contributed by atoms with Gasteiger partial charge >= 0.3 is 0 Å². The molecule has 0 bridgehead atoms. The first kappa shape index (κ1) is 18.8. The van der Waals surface area contributed by atoms with Crippen molar-refractivity contribution in [2.24, 2.45) is 0 Å². The topological polar surface area (TPSA) is 59.3 Å². The van der Waals surface area contributed by atoms with Gasteiger partial charge in [0.25, 0.3) is 0 Å². The highest BCUT2D eigenvalue weighted by Crippen LogP contribution is 2.34. The fourth-order valence-electron chi connectivity index (χ4n) is 3.18. The monoisotopic (exact) mass is 399 g/mol. The molecule has 2 heterocycles. The van der Waals surface area contributed by atoms with Crippen LogP contribution in [0.4, 0.5) is 8.78 Å². The Balaban J connectivity index is 0.00000196. The van der Waals surface area contributed by atoms with Crippen molar-refractivity contribution >= 4 is 33.2 Å². The molecule has 2 aromatic carbocycles. The molecule has 4 rings (SSSR count). The molecule has 8 heteroatoms. The minimum atomic E-state index is -3.97. The lowest BCUT2D eigenvalue weighted by Crippen LogP contribution is -2.22. The van der Waals surface area contributed by atoms with Gasteiger partial charge in [0, 0.05) is 30.5 Å². The third-order valence-corrected chi connectivity index (χ3v) is 6.21. The van der Waals surface area contributed by atoms with E-state index in [2.05, 4.69) is 5.32 Å². The molecule has 0 aliphatic carbocycles.